The molecule has 0 fully saturated rings. The summed E-state index contributed by atoms with van der Waals surface area (Å²) in [7, 11) is 0. The lowest BCUT2D eigenvalue weighted by molar-refractivity contribution is -0.143. The SMILES string of the molecule is CCOC(=O)/C=C/C(=O)N(CC(N)=O)NC(=O)[C@@H](NC(=O)[C@H](C)NC(=O)OCc1ccccc1)[C@@H](C)CC. The summed E-state index contributed by atoms with van der Waals surface area (Å²) in [6, 6.07) is 6.75. The number of hydrogen-bond donors (Lipinski definition) is 4. The molecule has 0 unspecified atom stereocenters. The van der Waals surface area contributed by atoms with E-state index in [2.05, 4.69) is 20.8 Å². The third kappa shape index (κ3) is 11.5. The summed E-state index contributed by atoms with van der Waals surface area (Å²) < 4.78 is 9.79. The van der Waals surface area contributed by atoms with E-state index in [1.165, 1.54) is 6.92 Å². The Balaban J connectivity index is 2.84. The molecule has 0 radical (unpaired) electrons. The average molecular weight is 534 g/mol. The van der Waals surface area contributed by atoms with Gasteiger partial charge in [-0.1, -0.05) is 50.6 Å². The van der Waals surface area contributed by atoms with Crippen molar-refractivity contribution in [1.82, 2.24) is 21.1 Å². The smallest absolute Gasteiger partial charge is 0.408 e. The highest BCUT2D eigenvalue weighted by molar-refractivity contribution is 5.98. The van der Waals surface area contributed by atoms with Crippen LogP contribution in [0.15, 0.2) is 42.5 Å². The van der Waals surface area contributed by atoms with Crippen LogP contribution in [0.3, 0.4) is 0 Å². The molecule has 0 bridgehead atoms. The van der Waals surface area contributed by atoms with Gasteiger partial charge in [0.15, 0.2) is 0 Å². The largest absolute Gasteiger partial charge is 0.463 e. The average Bonchev–Trinajstić information content (AvgIpc) is 2.88. The van der Waals surface area contributed by atoms with Gasteiger partial charge in [0.05, 0.1) is 6.61 Å². The van der Waals surface area contributed by atoms with E-state index in [1.54, 1.807) is 45.0 Å². The lowest BCUT2D eigenvalue weighted by Gasteiger charge is -2.28. The first kappa shape index (κ1) is 31.6. The van der Waals surface area contributed by atoms with Gasteiger partial charge >= 0.3 is 12.1 Å². The fraction of sp³-hybridized carbons (Fsp3) is 0.440. The van der Waals surface area contributed by atoms with Crippen LogP contribution in [0.5, 0.6) is 0 Å². The molecule has 0 heterocycles. The molecule has 0 aliphatic carbocycles. The van der Waals surface area contributed by atoms with Crippen molar-refractivity contribution in [3.63, 3.8) is 0 Å². The molecule has 208 valence electrons. The van der Waals surface area contributed by atoms with Crippen molar-refractivity contribution in [3.05, 3.63) is 48.0 Å². The first-order valence-electron chi connectivity index (χ1n) is 12.0. The van der Waals surface area contributed by atoms with Crippen molar-refractivity contribution in [3.8, 4) is 0 Å². The number of hydrazine groups is 1. The Bertz CT molecular complexity index is 1010. The summed E-state index contributed by atoms with van der Waals surface area (Å²) in [6.07, 6.45) is 1.29. The number of primary amides is 1. The number of esters is 1. The monoisotopic (exact) mass is 533 g/mol. The molecule has 1 rings (SSSR count). The van der Waals surface area contributed by atoms with Gasteiger partial charge < -0.3 is 25.8 Å². The summed E-state index contributed by atoms with van der Waals surface area (Å²) in [5, 5.41) is 5.55. The normalized spacial score (nSPS) is 12.9. The van der Waals surface area contributed by atoms with Crippen molar-refractivity contribution in [1.29, 1.82) is 0 Å². The number of carbonyl (C=O) groups is 6. The molecule has 38 heavy (non-hydrogen) atoms. The van der Waals surface area contributed by atoms with Crippen LogP contribution in [-0.4, -0.2) is 65.9 Å². The zero-order valence-electron chi connectivity index (χ0n) is 21.9. The molecule has 13 heteroatoms. The van der Waals surface area contributed by atoms with Gasteiger partial charge in [-0.2, -0.15) is 0 Å². The molecule has 0 saturated carbocycles. The van der Waals surface area contributed by atoms with Crippen LogP contribution >= 0.6 is 0 Å². The molecule has 5 amide bonds. The van der Waals surface area contributed by atoms with Crippen molar-refractivity contribution < 1.29 is 38.2 Å². The Hall–Kier alpha value is -4.42. The predicted molar refractivity (Wildman–Crippen MR) is 135 cm³/mol. The number of amides is 5. The minimum Gasteiger partial charge on any atom is -0.463 e. The van der Waals surface area contributed by atoms with Crippen LogP contribution in [0.2, 0.25) is 0 Å². The number of alkyl carbamates (subject to hydrolysis) is 1. The number of nitrogens with two attached hydrogens (primary N) is 1. The van der Waals surface area contributed by atoms with Crippen LogP contribution in [0.1, 0.15) is 39.7 Å². The van der Waals surface area contributed by atoms with Gasteiger partial charge in [0.1, 0.15) is 25.2 Å². The second-order valence-electron chi connectivity index (χ2n) is 8.25. The minimum absolute atomic E-state index is 0.00719. The molecule has 0 spiro atoms. The van der Waals surface area contributed by atoms with E-state index in [9.17, 15) is 28.8 Å². The maximum atomic E-state index is 13.0. The molecular formula is C25H35N5O8. The van der Waals surface area contributed by atoms with Crippen molar-refractivity contribution >= 4 is 35.7 Å². The van der Waals surface area contributed by atoms with Gasteiger partial charge in [-0.25, -0.2) is 14.6 Å². The van der Waals surface area contributed by atoms with Crippen molar-refractivity contribution in [2.75, 3.05) is 13.2 Å². The minimum atomic E-state index is -1.14. The van der Waals surface area contributed by atoms with E-state index >= 15 is 0 Å². The van der Waals surface area contributed by atoms with E-state index in [0.29, 0.717) is 11.4 Å². The first-order valence-corrected chi connectivity index (χ1v) is 12.0. The van der Waals surface area contributed by atoms with E-state index < -0.39 is 60.2 Å². The summed E-state index contributed by atoms with van der Waals surface area (Å²) in [6.45, 7) is 5.88. The van der Waals surface area contributed by atoms with Gasteiger partial charge in [0.2, 0.25) is 11.8 Å². The quantitative estimate of drug-likeness (QED) is 0.158. The standard InChI is InChI=1S/C25H35N5O8/c1-5-16(3)22(24(35)29-30(14-19(26)31)20(32)12-13-21(33)37-6-2)28-23(34)17(4)27-25(36)38-15-18-10-8-7-9-11-18/h7-13,16-17,22H,5-6,14-15H2,1-4H3,(H2,26,31)(H,27,36)(H,28,34)(H,29,35)/b13-12+/t16-,17-,22-/m0/s1. The maximum Gasteiger partial charge on any atom is 0.408 e. The third-order valence-electron chi connectivity index (χ3n) is 5.21. The highest BCUT2D eigenvalue weighted by atomic mass is 16.5. The van der Waals surface area contributed by atoms with Gasteiger partial charge in [0.25, 0.3) is 11.8 Å². The van der Waals surface area contributed by atoms with Gasteiger partial charge in [-0.3, -0.25) is 24.6 Å². The first-order chi connectivity index (χ1) is 18.0. The molecule has 5 N–H and O–H groups in total. The summed E-state index contributed by atoms with van der Waals surface area (Å²) in [5.74, 6) is -4.55. The highest BCUT2D eigenvalue weighted by Crippen LogP contribution is 2.09. The second-order valence-corrected chi connectivity index (χ2v) is 8.25. The third-order valence-corrected chi connectivity index (χ3v) is 5.21. The molecule has 1 aromatic carbocycles. The predicted octanol–water partition coefficient (Wildman–Crippen LogP) is 0.297. The van der Waals surface area contributed by atoms with Gasteiger partial charge in [0, 0.05) is 12.2 Å². The molecular weight excluding hydrogens is 498 g/mol. The van der Waals surface area contributed by atoms with Crippen LogP contribution < -0.4 is 21.8 Å². The fourth-order valence-corrected chi connectivity index (χ4v) is 2.94. The Kier molecular flexibility index (Phi) is 13.6. The Morgan fingerprint density at radius 2 is 1.61 bits per heavy atom. The van der Waals surface area contributed by atoms with Crippen molar-refractivity contribution in [2.45, 2.75) is 52.8 Å². The van der Waals surface area contributed by atoms with Crippen LogP contribution in [0.25, 0.3) is 0 Å². The van der Waals surface area contributed by atoms with E-state index in [-0.39, 0.29) is 13.2 Å². The van der Waals surface area contributed by atoms with Crippen molar-refractivity contribution in [2.24, 2.45) is 11.7 Å². The zero-order chi connectivity index (χ0) is 28.7. The van der Waals surface area contributed by atoms with E-state index in [0.717, 1.165) is 17.7 Å². The van der Waals surface area contributed by atoms with Gasteiger partial charge in [-0.15, -0.1) is 0 Å². The Morgan fingerprint density at radius 3 is 2.18 bits per heavy atom. The Morgan fingerprint density at radius 1 is 0.947 bits per heavy atom. The van der Waals surface area contributed by atoms with E-state index in [1.807, 2.05) is 6.07 Å². The second kappa shape index (κ2) is 16.3. The lowest BCUT2D eigenvalue weighted by Crippen LogP contribution is -2.59. The number of benzene rings is 1. The van der Waals surface area contributed by atoms with Crippen LogP contribution in [0.4, 0.5) is 4.79 Å². The maximum absolute atomic E-state index is 13.0. The summed E-state index contributed by atoms with van der Waals surface area (Å²) >= 11 is 0. The highest BCUT2D eigenvalue weighted by Gasteiger charge is 2.30. The molecule has 1 aromatic rings. The number of carbonyl (C=O) groups excluding carboxylic acids is 6. The molecule has 0 aliphatic rings. The van der Waals surface area contributed by atoms with Gasteiger partial charge in [-0.05, 0) is 25.3 Å². The molecule has 13 nitrogen and oxygen atoms in total. The number of hydrogen-bond acceptors (Lipinski definition) is 8. The Labute approximate surface area is 221 Å². The zero-order valence-corrected chi connectivity index (χ0v) is 21.9. The van der Waals surface area contributed by atoms with Crippen LogP contribution in [-0.2, 0) is 40.1 Å². The van der Waals surface area contributed by atoms with E-state index in [4.69, 9.17) is 10.5 Å². The molecule has 0 aromatic heterocycles. The fourth-order valence-electron chi connectivity index (χ4n) is 2.94. The molecule has 3 atom stereocenters. The summed E-state index contributed by atoms with van der Waals surface area (Å²) in [5.41, 5.74) is 8.20. The summed E-state index contributed by atoms with van der Waals surface area (Å²) in [4.78, 5) is 73.3. The lowest BCUT2D eigenvalue weighted by atomic mass is 9.98. The van der Waals surface area contributed by atoms with Crippen LogP contribution in [0, 0.1) is 5.92 Å². The number of ether oxygens (including phenoxy) is 2. The molecule has 0 saturated heterocycles. The molecule has 0 aliphatic heterocycles. The number of nitrogens with one attached hydrogen (secondary N) is 3. The number of rotatable bonds is 13. The topological polar surface area (TPSA) is 186 Å². The number of nitrogens with zero attached hydrogens (tertiary/aromatic N) is 1.